The Morgan fingerprint density at radius 2 is 1.79 bits per heavy atom. The highest BCUT2D eigenvalue weighted by Gasteiger charge is 2.02. The van der Waals surface area contributed by atoms with Crippen molar-refractivity contribution in [2.24, 2.45) is 5.73 Å². The lowest BCUT2D eigenvalue weighted by atomic mass is 10.00. The smallest absolute Gasteiger partial charge is 0.0227 e. The Bertz CT molecular complexity index is 264. The van der Waals surface area contributed by atoms with Crippen LogP contribution in [0.3, 0.4) is 0 Å². The van der Waals surface area contributed by atoms with Gasteiger partial charge < -0.3 is 10.6 Å². The minimum Gasteiger partial charge on any atom is -0.330 e. The summed E-state index contributed by atoms with van der Waals surface area (Å²) in [6.45, 7) is 3.87. The lowest BCUT2D eigenvalue weighted by Crippen LogP contribution is -2.11. The molecule has 0 spiro atoms. The molecule has 2 nitrogen and oxygen atoms in total. The minimum absolute atomic E-state index is 0.461. The van der Waals surface area contributed by atoms with Gasteiger partial charge in [0.25, 0.3) is 0 Å². The van der Waals surface area contributed by atoms with Crippen LogP contribution in [0.5, 0.6) is 0 Å². The van der Waals surface area contributed by atoms with Crippen molar-refractivity contribution in [2.75, 3.05) is 20.6 Å². The molecule has 0 aromatic heterocycles. The Kier molecular flexibility index (Phi) is 4.11. The van der Waals surface area contributed by atoms with Gasteiger partial charge in [0, 0.05) is 6.54 Å². The Balaban J connectivity index is 2.68. The molecule has 0 fully saturated rings. The van der Waals surface area contributed by atoms with Gasteiger partial charge in [0.05, 0.1) is 0 Å². The summed E-state index contributed by atoms with van der Waals surface area (Å²) in [6.07, 6.45) is 0. The van der Waals surface area contributed by atoms with Gasteiger partial charge in [-0.05, 0) is 37.7 Å². The summed E-state index contributed by atoms with van der Waals surface area (Å²) >= 11 is 0. The second-order valence-electron chi connectivity index (χ2n) is 4.12. The Morgan fingerprint density at radius 1 is 1.21 bits per heavy atom. The van der Waals surface area contributed by atoms with Crippen molar-refractivity contribution in [1.82, 2.24) is 4.90 Å². The third-order valence-electron chi connectivity index (χ3n) is 2.40. The van der Waals surface area contributed by atoms with E-state index < -0.39 is 0 Å². The molecule has 2 heteroatoms. The first kappa shape index (κ1) is 11.2. The molecule has 0 aliphatic carbocycles. The zero-order valence-corrected chi connectivity index (χ0v) is 9.33. The van der Waals surface area contributed by atoms with Crippen LogP contribution in [0.4, 0.5) is 0 Å². The fraction of sp³-hybridized carbons (Fsp3) is 0.500. The molecule has 0 radical (unpaired) electrons. The summed E-state index contributed by atoms with van der Waals surface area (Å²) in [5.41, 5.74) is 8.29. The SMILES string of the molecule is CC(CN)c1ccc(CN(C)C)cc1. The van der Waals surface area contributed by atoms with Crippen LogP contribution in [0.1, 0.15) is 24.0 Å². The topological polar surface area (TPSA) is 29.3 Å². The van der Waals surface area contributed by atoms with E-state index in [4.69, 9.17) is 5.73 Å². The molecule has 78 valence electrons. The van der Waals surface area contributed by atoms with Crippen LogP contribution in [-0.4, -0.2) is 25.5 Å². The molecule has 0 aliphatic heterocycles. The standard InChI is InChI=1S/C12H20N2/c1-10(8-13)12-6-4-11(5-7-12)9-14(2)3/h4-7,10H,8-9,13H2,1-3H3. The summed E-state index contributed by atoms with van der Waals surface area (Å²) in [7, 11) is 4.16. The number of benzene rings is 1. The van der Waals surface area contributed by atoms with Crippen LogP contribution in [0.2, 0.25) is 0 Å². The third kappa shape index (κ3) is 3.13. The van der Waals surface area contributed by atoms with Crippen molar-refractivity contribution in [2.45, 2.75) is 19.4 Å². The number of hydrogen-bond donors (Lipinski definition) is 1. The molecule has 1 aromatic rings. The van der Waals surface area contributed by atoms with Crippen LogP contribution < -0.4 is 5.73 Å². The zero-order valence-electron chi connectivity index (χ0n) is 9.33. The fourth-order valence-electron chi connectivity index (χ4n) is 1.45. The first-order valence-corrected chi connectivity index (χ1v) is 5.07. The quantitative estimate of drug-likeness (QED) is 0.788. The molecular formula is C12H20N2. The first-order valence-electron chi connectivity index (χ1n) is 5.07. The molecular weight excluding hydrogens is 172 g/mol. The van der Waals surface area contributed by atoms with Crippen molar-refractivity contribution in [3.05, 3.63) is 35.4 Å². The Morgan fingerprint density at radius 3 is 2.21 bits per heavy atom. The number of rotatable bonds is 4. The molecule has 1 unspecified atom stereocenters. The normalized spacial score (nSPS) is 13.2. The van der Waals surface area contributed by atoms with Crippen molar-refractivity contribution in [3.8, 4) is 0 Å². The van der Waals surface area contributed by atoms with Crippen LogP contribution in [0, 0.1) is 0 Å². The molecule has 0 aliphatic rings. The maximum atomic E-state index is 5.61. The summed E-state index contributed by atoms with van der Waals surface area (Å²) in [6, 6.07) is 8.72. The number of hydrogen-bond acceptors (Lipinski definition) is 2. The molecule has 1 rings (SSSR count). The van der Waals surface area contributed by atoms with Crippen LogP contribution in [-0.2, 0) is 6.54 Å². The lowest BCUT2D eigenvalue weighted by molar-refractivity contribution is 0.402. The van der Waals surface area contributed by atoms with Crippen molar-refractivity contribution >= 4 is 0 Å². The largest absolute Gasteiger partial charge is 0.330 e. The van der Waals surface area contributed by atoms with E-state index in [1.54, 1.807) is 0 Å². The maximum Gasteiger partial charge on any atom is 0.0227 e. The summed E-state index contributed by atoms with van der Waals surface area (Å²) in [4.78, 5) is 2.17. The Hall–Kier alpha value is -0.860. The van der Waals surface area contributed by atoms with E-state index in [0.29, 0.717) is 12.5 Å². The summed E-state index contributed by atoms with van der Waals surface area (Å²) in [5.74, 6) is 0.461. The van der Waals surface area contributed by atoms with E-state index in [-0.39, 0.29) is 0 Å². The summed E-state index contributed by atoms with van der Waals surface area (Å²) < 4.78 is 0. The predicted molar refractivity (Wildman–Crippen MR) is 61.3 cm³/mol. The molecule has 0 bridgehead atoms. The zero-order chi connectivity index (χ0) is 10.6. The highest BCUT2D eigenvalue weighted by molar-refractivity contribution is 5.25. The molecule has 14 heavy (non-hydrogen) atoms. The van der Waals surface area contributed by atoms with Crippen LogP contribution in [0.25, 0.3) is 0 Å². The van der Waals surface area contributed by atoms with Gasteiger partial charge in [-0.15, -0.1) is 0 Å². The average Bonchev–Trinajstić information content (AvgIpc) is 2.17. The van der Waals surface area contributed by atoms with E-state index >= 15 is 0 Å². The monoisotopic (exact) mass is 192 g/mol. The van der Waals surface area contributed by atoms with Gasteiger partial charge in [0.2, 0.25) is 0 Å². The first-order chi connectivity index (χ1) is 6.63. The van der Waals surface area contributed by atoms with Gasteiger partial charge in [-0.3, -0.25) is 0 Å². The van der Waals surface area contributed by atoms with E-state index in [1.165, 1.54) is 11.1 Å². The van der Waals surface area contributed by atoms with Crippen molar-refractivity contribution in [3.63, 3.8) is 0 Å². The molecule has 0 saturated carbocycles. The minimum atomic E-state index is 0.461. The van der Waals surface area contributed by atoms with Gasteiger partial charge in [0.1, 0.15) is 0 Å². The van der Waals surface area contributed by atoms with Crippen molar-refractivity contribution in [1.29, 1.82) is 0 Å². The van der Waals surface area contributed by atoms with E-state index in [0.717, 1.165) is 6.54 Å². The maximum absolute atomic E-state index is 5.61. The molecule has 2 N–H and O–H groups in total. The lowest BCUT2D eigenvalue weighted by Gasteiger charge is -2.12. The van der Waals surface area contributed by atoms with Gasteiger partial charge >= 0.3 is 0 Å². The molecule has 0 amide bonds. The predicted octanol–water partition coefficient (Wildman–Crippen LogP) is 1.81. The average molecular weight is 192 g/mol. The number of nitrogens with zero attached hydrogens (tertiary/aromatic N) is 1. The molecule has 0 saturated heterocycles. The van der Waals surface area contributed by atoms with E-state index in [2.05, 4.69) is 50.2 Å². The molecule has 0 heterocycles. The highest BCUT2D eigenvalue weighted by atomic mass is 15.0. The van der Waals surface area contributed by atoms with Crippen LogP contribution >= 0.6 is 0 Å². The van der Waals surface area contributed by atoms with E-state index in [1.807, 2.05) is 0 Å². The summed E-state index contributed by atoms with van der Waals surface area (Å²) in [5, 5.41) is 0. The Labute approximate surface area is 86.7 Å². The van der Waals surface area contributed by atoms with Gasteiger partial charge in [0.15, 0.2) is 0 Å². The van der Waals surface area contributed by atoms with Gasteiger partial charge in [-0.2, -0.15) is 0 Å². The third-order valence-corrected chi connectivity index (χ3v) is 2.40. The molecule has 1 atom stereocenters. The highest BCUT2D eigenvalue weighted by Crippen LogP contribution is 2.14. The van der Waals surface area contributed by atoms with Crippen LogP contribution in [0.15, 0.2) is 24.3 Å². The van der Waals surface area contributed by atoms with Gasteiger partial charge in [-0.25, -0.2) is 0 Å². The van der Waals surface area contributed by atoms with Gasteiger partial charge in [-0.1, -0.05) is 31.2 Å². The molecule has 1 aromatic carbocycles. The van der Waals surface area contributed by atoms with Crippen molar-refractivity contribution < 1.29 is 0 Å². The second kappa shape index (κ2) is 5.13. The second-order valence-corrected chi connectivity index (χ2v) is 4.12. The number of nitrogens with two attached hydrogens (primary N) is 1. The van der Waals surface area contributed by atoms with E-state index in [9.17, 15) is 0 Å². The fourth-order valence-corrected chi connectivity index (χ4v) is 1.45.